The number of thiophene rings is 1. The molecule has 26 heavy (non-hydrogen) atoms. The van der Waals surface area contributed by atoms with E-state index in [1.165, 1.54) is 15.6 Å². The Morgan fingerprint density at radius 1 is 1.31 bits per heavy atom. The Morgan fingerprint density at radius 3 is 2.69 bits per heavy atom. The van der Waals surface area contributed by atoms with Gasteiger partial charge in [-0.15, -0.1) is 23.7 Å². The van der Waals surface area contributed by atoms with Crippen LogP contribution in [0, 0.1) is 5.92 Å². The summed E-state index contributed by atoms with van der Waals surface area (Å²) < 4.78 is 32.1. The number of morpholine rings is 1. The normalized spacial score (nSPS) is 24.2. The van der Waals surface area contributed by atoms with E-state index in [0.29, 0.717) is 43.5 Å². The van der Waals surface area contributed by atoms with Crippen LogP contribution < -0.4 is 11.1 Å². The first-order valence-corrected chi connectivity index (χ1v) is 10.9. The van der Waals surface area contributed by atoms with Crippen LogP contribution >= 0.6 is 23.7 Å². The molecule has 1 aromatic rings. The van der Waals surface area contributed by atoms with E-state index in [9.17, 15) is 13.2 Å². The van der Waals surface area contributed by atoms with Crippen LogP contribution in [0.3, 0.4) is 0 Å². The molecule has 0 bridgehead atoms. The Hall–Kier alpha value is -0.710. The second kappa shape index (κ2) is 9.48. The molecule has 0 spiro atoms. The molecule has 10 heteroatoms. The van der Waals surface area contributed by atoms with Crippen molar-refractivity contribution in [3.63, 3.8) is 0 Å². The van der Waals surface area contributed by atoms with Gasteiger partial charge in [0.25, 0.3) is 10.0 Å². The fourth-order valence-corrected chi connectivity index (χ4v) is 6.18. The molecule has 148 valence electrons. The van der Waals surface area contributed by atoms with Crippen molar-refractivity contribution in [3.05, 3.63) is 17.0 Å². The van der Waals surface area contributed by atoms with Gasteiger partial charge in [0, 0.05) is 30.4 Å². The first-order chi connectivity index (χ1) is 12.0. The maximum Gasteiger partial charge on any atom is 0.252 e. The Labute approximate surface area is 164 Å². The summed E-state index contributed by atoms with van der Waals surface area (Å²) in [4.78, 5) is 12.9. The highest BCUT2D eigenvalue weighted by molar-refractivity contribution is 7.91. The average molecular weight is 424 g/mol. The molecule has 1 aromatic heterocycles. The van der Waals surface area contributed by atoms with Crippen molar-refractivity contribution >= 4 is 39.7 Å². The molecule has 1 aliphatic carbocycles. The van der Waals surface area contributed by atoms with Gasteiger partial charge in [-0.3, -0.25) is 4.79 Å². The van der Waals surface area contributed by atoms with Gasteiger partial charge in [0.05, 0.1) is 19.8 Å². The van der Waals surface area contributed by atoms with Crippen LogP contribution in [0.15, 0.2) is 16.3 Å². The summed E-state index contributed by atoms with van der Waals surface area (Å²) in [6.07, 6.45) is 3.54. The van der Waals surface area contributed by atoms with Gasteiger partial charge in [-0.1, -0.05) is 6.42 Å². The molecular weight excluding hydrogens is 398 g/mol. The molecule has 1 aliphatic heterocycles. The Kier molecular flexibility index (Phi) is 7.87. The second-order valence-electron chi connectivity index (χ2n) is 6.57. The minimum absolute atomic E-state index is 0. The predicted octanol–water partition coefficient (Wildman–Crippen LogP) is 1.32. The van der Waals surface area contributed by atoms with Gasteiger partial charge >= 0.3 is 0 Å². The number of nitrogens with two attached hydrogens (primary N) is 1. The van der Waals surface area contributed by atoms with Crippen molar-refractivity contribution in [2.45, 2.75) is 42.5 Å². The van der Waals surface area contributed by atoms with Gasteiger partial charge in [-0.05, 0) is 30.9 Å². The molecule has 2 heterocycles. The molecular formula is C16H26ClN3O4S2. The standard InChI is InChI=1S/C16H25N3O4S2.ClH/c17-14-3-1-2-12(14)10-15(20)18-11-13-4-5-16(24-13)25(21,22)19-6-8-23-9-7-19;/h4-5,12,14H,1-3,6-11,17H2,(H,18,20);1H/t12-,14+;/m0./s1. The number of nitrogens with one attached hydrogen (secondary N) is 1. The van der Waals surface area contributed by atoms with Crippen LogP contribution in [-0.2, 0) is 26.1 Å². The van der Waals surface area contributed by atoms with E-state index < -0.39 is 10.0 Å². The highest BCUT2D eigenvalue weighted by atomic mass is 35.5. The van der Waals surface area contributed by atoms with Gasteiger partial charge in [0.1, 0.15) is 4.21 Å². The highest BCUT2D eigenvalue weighted by Crippen LogP contribution is 2.27. The van der Waals surface area contributed by atoms with Crippen molar-refractivity contribution in [3.8, 4) is 0 Å². The van der Waals surface area contributed by atoms with Gasteiger partial charge in [-0.25, -0.2) is 8.42 Å². The minimum Gasteiger partial charge on any atom is -0.379 e. The lowest BCUT2D eigenvalue weighted by Crippen LogP contribution is -2.40. The number of hydrogen-bond donors (Lipinski definition) is 2. The van der Waals surface area contributed by atoms with E-state index in [0.717, 1.165) is 24.1 Å². The SMILES string of the molecule is Cl.N[C@@H]1CCC[C@H]1CC(=O)NCc1ccc(S(=O)(=O)N2CCOCC2)s1. The smallest absolute Gasteiger partial charge is 0.252 e. The van der Waals surface area contributed by atoms with E-state index in [4.69, 9.17) is 10.5 Å². The third-order valence-electron chi connectivity index (χ3n) is 4.83. The van der Waals surface area contributed by atoms with Crippen molar-refractivity contribution in [1.29, 1.82) is 0 Å². The molecule has 7 nitrogen and oxygen atoms in total. The third kappa shape index (κ3) is 5.17. The molecule has 3 rings (SSSR count). The Bertz CT molecular complexity index is 704. The van der Waals surface area contributed by atoms with E-state index in [1.54, 1.807) is 12.1 Å². The number of rotatable bonds is 6. The fourth-order valence-electron chi connectivity index (χ4n) is 3.32. The maximum atomic E-state index is 12.6. The predicted molar refractivity (Wildman–Crippen MR) is 103 cm³/mol. The van der Waals surface area contributed by atoms with Crippen molar-refractivity contribution in [2.24, 2.45) is 11.7 Å². The largest absolute Gasteiger partial charge is 0.379 e. The van der Waals surface area contributed by atoms with Gasteiger partial charge in [0.15, 0.2) is 0 Å². The number of amides is 1. The maximum absolute atomic E-state index is 12.6. The molecule has 1 saturated carbocycles. The topological polar surface area (TPSA) is 102 Å². The number of sulfonamides is 1. The monoisotopic (exact) mass is 423 g/mol. The lowest BCUT2D eigenvalue weighted by molar-refractivity contribution is -0.122. The van der Waals surface area contributed by atoms with Crippen molar-refractivity contribution in [2.75, 3.05) is 26.3 Å². The third-order valence-corrected chi connectivity index (χ3v) is 8.28. The van der Waals surface area contributed by atoms with Crippen LogP contribution in [0.1, 0.15) is 30.6 Å². The minimum atomic E-state index is -3.46. The van der Waals surface area contributed by atoms with Gasteiger partial charge < -0.3 is 15.8 Å². The number of hydrogen-bond acceptors (Lipinski definition) is 6. The Balaban J connectivity index is 0.00000243. The summed E-state index contributed by atoms with van der Waals surface area (Å²) in [7, 11) is -3.46. The summed E-state index contributed by atoms with van der Waals surface area (Å²) in [6.45, 7) is 1.97. The number of halogens is 1. The zero-order valence-corrected chi connectivity index (χ0v) is 17.0. The molecule has 0 radical (unpaired) electrons. The first-order valence-electron chi connectivity index (χ1n) is 8.65. The summed E-state index contributed by atoms with van der Waals surface area (Å²) >= 11 is 1.21. The van der Waals surface area contributed by atoms with Crippen LogP contribution in [0.25, 0.3) is 0 Å². The molecule has 0 unspecified atom stereocenters. The number of carbonyl (C=O) groups is 1. The quantitative estimate of drug-likeness (QED) is 0.718. The molecule has 1 saturated heterocycles. The van der Waals surface area contributed by atoms with E-state index in [1.807, 2.05) is 0 Å². The summed E-state index contributed by atoms with van der Waals surface area (Å²) in [5, 5.41) is 2.88. The number of carbonyl (C=O) groups excluding carboxylic acids is 1. The molecule has 3 N–H and O–H groups in total. The number of ether oxygens (including phenoxy) is 1. The zero-order valence-electron chi connectivity index (χ0n) is 14.6. The molecule has 2 aliphatic rings. The summed E-state index contributed by atoms with van der Waals surface area (Å²) in [6, 6.07) is 3.50. The van der Waals surface area contributed by atoms with E-state index in [-0.39, 0.29) is 30.3 Å². The van der Waals surface area contributed by atoms with Crippen LogP contribution in [0.2, 0.25) is 0 Å². The molecule has 1 amide bonds. The lowest BCUT2D eigenvalue weighted by atomic mass is 10.00. The van der Waals surface area contributed by atoms with Crippen LogP contribution in [0.5, 0.6) is 0 Å². The van der Waals surface area contributed by atoms with E-state index >= 15 is 0 Å². The Morgan fingerprint density at radius 2 is 2.04 bits per heavy atom. The van der Waals surface area contributed by atoms with Crippen LogP contribution in [-0.4, -0.2) is 51.0 Å². The van der Waals surface area contributed by atoms with Gasteiger partial charge in [0.2, 0.25) is 5.91 Å². The van der Waals surface area contributed by atoms with Crippen molar-refractivity contribution in [1.82, 2.24) is 9.62 Å². The van der Waals surface area contributed by atoms with Crippen LogP contribution in [0.4, 0.5) is 0 Å². The summed E-state index contributed by atoms with van der Waals surface area (Å²) in [5.41, 5.74) is 6.00. The average Bonchev–Trinajstić information content (AvgIpc) is 3.24. The van der Waals surface area contributed by atoms with E-state index in [2.05, 4.69) is 5.32 Å². The molecule has 0 aromatic carbocycles. The second-order valence-corrected chi connectivity index (χ2v) is 9.91. The zero-order chi connectivity index (χ0) is 17.9. The van der Waals surface area contributed by atoms with Gasteiger partial charge in [-0.2, -0.15) is 4.31 Å². The lowest BCUT2D eigenvalue weighted by Gasteiger charge is -2.25. The van der Waals surface area contributed by atoms with Crippen molar-refractivity contribution < 1.29 is 17.9 Å². The fraction of sp³-hybridized carbons (Fsp3) is 0.688. The molecule has 2 fully saturated rings. The number of nitrogens with zero attached hydrogens (tertiary/aromatic N) is 1. The highest BCUT2D eigenvalue weighted by Gasteiger charge is 2.28. The first kappa shape index (κ1) is 21.6. The molecule has 2 atom stereocenters. The summed E-state index contributed by atoms with van der Waals surface area (Å²) in [5.74, 6) is 0.244.